The van der Waals surface area contributed by atoms with E-state index in [0.717, 1.165) is 33.0 Å². The van der Waals surface area contributed by atoms with Crippen molar-refractivity contribution in [3.05, 3.63) is 87.2 Å². The summed E-state index contributed by atoms with van der Waals surface area (Å²) in [6.07, 6.45) is -2.06. The van der Waals surface area contributed by atoms with E-state index in [-0.39, 0.29) is 34.2 Å². The number of nitrogens with zero attached hydrogens (tertiary/aromatic N) is 6. The van der Waals surface area contributed by atoms with Gasteiger partial charge in [-0.1, -0.05) is 29.8 Å². The Morgan fingerprint density at radius 2 is 1.86 bits per heavy atom. The Kier molecular flexibility index (Phi) is 7.67. The molecule has 0 saturated carbocycles. The standard InChI is InChI=1S/C29H26ClF3N6O3/c1-5-23(25(40)11-17-6-8-22-19(10-17)16(2)37(3)35-22)38-14-26(42-4)21(13-28(38)41)20-12-18(30)7-9-24(20)39-15-27(34-36-39)29(31,32)33/h6-10,12-15,23H,5,11H2,1-4H3. The number of ketones is 1. The summed E-state index contributed by atoms with van der Waals surface area (Å²) in [5.74, 6) is 0.0500. The van der Waals surface area contributed by atoms with Crippen molar-refractivity contribution < 1.29 is 22.7 Å². The molecular formula is C29H26ClF3N6O3. The number of benzene rings is 2. The monoisotopic (exact) mass is 598 g/mol. The van der Waals surface area contributed by atoms with Crippen molar-refractivity contribution in [2.45, 2.75) is 38.9 Å². The smallest absolute Gasteiger partial charge is 0.436 e. The topological polar surface area (TPSA) is 96.8 Å². The molecule has 218 valence electrons. The molecule has 2 aromatic carbocycles. The van der Waals surface area contributed by atoms with Crippen LogP contribution in [-0.2, 0) is 24.4 Å². The molecule has 0 N–H and O–H groups in total. The van der Waals surface area contributed by atoms with Crippen molar-refractivity contribution in [3.63, 3.8) is 0 Å². The summed E-state index contributed by atoms with van der Waals surface area (Å²) in [5.41, 5.74) is 1.69. The number of aryl methyl sites for hydroxylation is 2. The lowest BCUT2D eigenvalue weighted by molar-refractivity contribution is -0.141. The van der Waals surface area contributed by atoms with Gasteiger partial charge in [0, 0.05) is 46.8 Å². The fourth-order valence-corrected chi connectivity index (χ4v) is 5.13. The fourth-order valence-electron chi connectivity index (χ4n) is 4.96. The zero-order valence-electron chi connectivity index (χ0n) is 23.1. The largest absolute Gasteiger partial charge is 0.495 e. The molecule has 0 amide bonds. The minimum atomic E-state index is -4.69. The Bertz CT molecular complexity index is 1880. The van der Waals surface area contributed by atoms with Gasteiger partial charge in [-0.2, -0.15) is 18.3 Å². The van der Waals surface area contributed by atoms with E-state index in [1.165, 1.54) is 42.1 Å². The number of carbonyl (C=O) groups excluding carboxylic acids is 1. The van der Waals surface area contributed by atoms with E-state index in [1.54, 1.807) is 4.68 Å². The third-order valence-electron chi connectivity index (χ3n) is 7.21. The average molecular weight is 599 g/mol. The van der Waals surface area contributed by atoms with Crippen LogP contribution in [0.3, 0.4) is 0 Å². The zero-order valence-corrected chi connectivity index (χ0v) is 23.9. The van der Waals surface area contributed by atoms with Crippen LogP contribution in [0.2, 0.25) is 5.02 Å². The molecule has 0 aliphatic heterocycles. The number of hydrogen-bond acceptors (Lipinski definition) is 6. The van der Waals surface area contributed by atoms with Gasteiger partial charge in [-0.3, -0.25) is 14.3 Å². The van der Waals surface area contributed by atoms with Crippen LogP contribution >= 0.6 is 11.6 Å². The summed E-state index contributed by atoms with van der Waals surface area (Å²) in [5, 5.41) is 12.5. The van der Waals surface area contributed by atoms with Gasteiger partial charge in [0.05, 0.1) is 36.7 Å². The molecular weight excluding hydrogens is 573 g/mol. The molecule has 0 spiro atoms. The van der Waals surface area contributed by atoms with Gasteiger partial charge >= 0.3 is 6.18 Å². The van der Waals surface area contributed by atoms with Gasteiger partial charge in [0.25, 0.3) is 5.56 Å². The number of Topliss-reactive ketones (excluding diaryl/α,β-unsaturated/α-hetero) is 1. The van der Waals surface area contributed by atoms with Gasteiger partial charge in [0.2, 0.25) is 0 Å². The van der Waals surface area contributed by atoms with Gasteiger partial charge in [0.15, 0.2) is 11.5 Å². The zero-order chi connectivity index (χ0) is 30.3. The van der Waals surface area contributed by atoms with E-state index >= 15 is 0 Å². The second-order valence-corrected chi connectivity index (χ2v) is 10.3. The second-order valence-electron chi connectivity index (χ2n) is 9.84. The van der Waals surface area contributed by atoms with Crippen LogP contribution in [0.4, 0.5) is 13.2 Å². The maximum Gasteiger partial charge on any atom is 0.436 e. The van der Waals surface area contributed by atoms with Crippen LogP contribution in [0.15, 0.2) is 59.7 Å². The van der Waals surface area contributed by atoms with E-state index in [4.69, 9.17) is 16.3 Å². The summed E-state index contributed by atoms with van der Waals surface area (Å²) in [6.45, 7) is 3.76. The molecule has 0 fully saturated rings. The lowest BCUT2D eigenvalue weighted by Gasteiger charge is -2.20. The summed E-state index contributed by atoms with van der Waals surface area (Å²) in [6, 6.07) is 10.6. The maximum absolute atomic E-state index is 13.5. The maximum atomic E-state index is 13.5. The van der Waals surface area contributed by atoms with Crippen LogP contribution in [0.25, 0.3) is 27.7 Å². The van der Waals surface area contributed by atoms with E-state index in [0.29, 0.717) is 12.0 Å². The van der Waals surface area contributed by atoms with E-state index in [2.05, 4.69) is 15.4 Å². The molecule has 0 bridgehead atoms. The van der Waals surface area contributed by atoms with Crippen molar-refractivity contribution in [2.75, 3.05) is 7.11 Å². The fraction of sp³-hybridized carbons (Fsp3) is 0.276. The predicted octanol–water partition coefficient (Wildman–Crippen LogP) is 5.73. The highest BCUT2D eigenvalue weighted by Gasteiger charge is 2.35. The van der Waals surface area contributed by atoms with E-state index < -0.39 is 23.5 Å². The number of fused-ring (bicyclic) bond motifs is 1. The summed E-state index contributed by atoms with van der Waals surface area (Å²) in [7, 11) is 3.25. The molecule has 13 heteroatoms. The third kappa shape index (κ3) is 5.41. The molecule has 0 aliphatic carbocycles. The van der Waals surface area contributed by atoms with Crippen LogP contribution in [0.1, 0.15) is 36.3 Å². The third-order valence-corrected chi connectivity index (χ3v) is 7.44. The first-order chi connectivity index (χ1) is 19.9. The van der Waals surface area contributed by atoms with Crippen molar-refractivity contribution in [1.29, 1.82) is 0 Å². The number of aromatic nitrogens is 6. The summed E-state index contributed by atoms with van der Waals surface area (Å²) >= 11 is 6.24. The number of rotatable bonds is 8. The number of pyridine rings is 1. The Morgan fingerprint density at radius 3 is 2.52 bits per heavy atom. The number of ether oxygens (including phenoxy) is 1. The molecule has 0 radical (unpaired) electrons. The van der Waals surface area contributed by atoms with Crippen molar-refractivity contribution in [2.24, 2.45) is 7.05 Å². The SMILES string of the molecule is CCC(C(=O)Cc1ccc2nn(C)c(C)c2c1)n1cc(OC)c(-c2cc(Cl)ccc2-n2cc(C(F)(F)F)nn2)cc1=O. The summed E-state index contributed by atoms with van der Waals surface area (Å²) < 4.78 is 49.2. The number of carbonyl (C=O) groups is 1. The lowest BCUT2D eigenvalue weighted by atomic mass is 9.99. The highest BCUT2D eigenvalue weighted by atomic mass is 35.5. The average Bonchev–Trinajstić information content (AvgIpc) is 3.55. The molecule has 3 heterocycles. The van der Waals surface area contributed by atoms with Crippen LogP contribution in [0.5, 0.6) is 5.75 Å². The van der Waals surface area contributed by atoms with Gasteiger partial charge in [-0.25, -0.2) is 4.68 Å². The highest BCUT2D eigenvalue weighted by Crippen LogP contribution is 2.36. The van der Waals surface area contributed by atoms with Crippen molar-refractivity contribution >= 4 is 28.3 Å². The van der Waals surface area contributed by atoms with Gasteiger partial charge in [-0.15, -0.1) is 5.10 Å². The number of alkyl halides is 3. The van der Waals surface area contributed by atoms with Crippen molar-refractivity contribution in [3.8, 4) is 22.6 Å². The van der Waals surface area contributed by atoms with Crippen LogP contribution in [-0.4, -0.2) is 42.2 Å². The normalized spacial score (nSPS) is 12.6. The lowest BCUT2D eigenvalue weighted by Crippen LogP contribution is -2.30. The molecule has 0 saturated heterocycles. The first-order valence-electron chi connectivity index (χ1n) is 13.0. The Morgan fingerprint density at radius 1 is 1.10 bits per heavy atom. The van der Waals surface area contributed by atoms with Crippen molar-refractivity contribution in [1.82, 2.24) is 29.3 Å². The van der Waals surface area contributed by atoms with E-state index in [9.17, 15) is 22.8 Å². The highest BCUT2D eigenvalue weighted by molar-refractivity contribution is 6.31. The number of hydrogen-bond donors (Lipinski definition) is 0. The molecule has 5 rings (SSSR count). The quantitative estimate of drug-likeness (QED) is 0.226. The Labute approximate surface area is 243 Å². The van der Waals surface area contributed by atoms with Gasteiger partial charge < -0.3 is 9.30 Å². The minimum Gasteiger partial charge on any atom is -0.495 e. The second kappa shape index (κ2) is 11.1. The van der Waals surface area contributed by atoms with Gasteiger partial charge in [0.1, 0.15) is 5.75 Å². The van der Waals surface area contributed by atoms with Crippen LogP contribution < -0.4 is 10.3 Å². The molecule has 0 aliphatic rings. The number of methoxy groups -OCH3 is 1. The molecule has 5 aromatic rings. The van der Waals surface area contributed by atoms with Crippen LogP contribution in [0, 0.1) is 6.92 Å². The molecule has 9 nitrogen and oxygen atoms in total. The predicted molar refractivity (Wildman–Crippen MR) is 151 cm³/mol. The molecule has 1 atom stereocenters. The Hall–Kier alpha value is -4.45. The first kappa shape index (κ1) is 29.1. The Balaban J connectivity index is 1.52. The molecule has 42 heavy (non-hydrogen) atoms. The van der Waals surface area contributed by atoms with Gasteiger partial charge in [-0.05, 0) is 49.2 Å². The number of halogens is 4. The molecule has 1 unspecified atom stereocenters. The van der Waals surface area contributed by atoms with E-state index in [1.807, 2.05) is 39.1 Å². The first-order valence-corrected chi connectivity index (χ1v) is 13.3. The molecule has 3 aromatic heterocycles. The minimum absolute atomic E-state index is 0.103. The summed E-state index contributed by atoms with van der Waals surface area (Å²) in [4.78, 5) is 27.0.